The van der Waals surface area contributed by atoms with Gasteiger partial charge in [0, 0.05) is 16.5 Å². The number of unbranched alkanes of at least 4 members (excludes halogenated alkanes) is 1. The van der Waals surface area contributed by atoms with Crippen LogP contribution in [0.3, 0.4) is 0 Å². The molecule has 0 spiro atoms. The van der Waals surface area contributed by atoms with Gasteiger partial charge in [0.15, 0.2) is 0 Å². The number of halogens is 3. The molecule has 0 amide bonds. The molecule has 3 aromatic rings. The van der Waals surface area contributed by atoms with Gasteiger partial charge in [-0.05, 0) is 61.6 Å². The molecule has 0 saturated carbocycles. The summed E-state index contributed by atoms with van der Waals surface area (Å²) in [6.45, 7) is 2.65. The van der Waals surface area contributed by atoms with Crippen molar-refractivity contribution >= 4 is 10.9 Å². The molecule has 138 valence electrons. The molecule has 0 aliphatic rings. The Hall–Kier alpha value is -2.27. The predicted molar refractivity (Wildman–Crippen MR) is 100 cm³/mol. The zero-order valence-electron chi connectivity index (χ0n) is 14.8. The molecule has 26 heavy (non-hydrogen) atoms. The van der Waals surface area contributed by atoms with Crippen LogP contribution in [0.25, 0.3) is 22.2 Å². The maximum Gasteiger partial charge on any atom is 0.417 e. The van der Waals surface area contributed by atoms with Crippen LogP contribution in [0.15, 0.2) is 42.5 Å². The van der Waals surface area contributed by atoms with E-state index in [-0.39, 0.29) is 5.56 Å². The number of aromatic amines is 1. The van der Waals surface area contributed by atoms with Gasteiger partial charge in [-0.3, -0.25) is 0 Å². The number of fused-ring (bicyclic) bond motifs is 1. The molecule has 2 nitrogen and oxygen atoms in total. The van der Waals surface area contributed by atoms with Crippen LogP contribution in [-0.4, -0.2) is 11.5 Å². The van der Waals surface area contributed by atoms with Gasteiger partial charge in [-0.15, -0.1) is 0 Å². The van der Waals surface area contributed by atoms with Crippen molar-refractivity contribution in [2.45, 2.75) is 38.8 Å². The van der Waals surface area contributed by atoms with E-state index in [9.17, 15) is 13.2 Å². The van der Waals surface area contributed by atoms with Gasteiger partial charge in [0.05, 0.1) is 11.3 Å². The highest BCUT2D eigenvalue weighted by atomic mass is 19.4. The van der Waals surface area contributed by atoms with Crippen molar-refractivity contribution < 1.29 is 13.2 Å². The first-order valence-electron chi connectivity index (χ1n) is 8.95. The first-order chi connectivity index (χ1) is 12.5. The lowest BCUT2D eigenvalue weighted by Crippen LogP contribution is -2.07. The molecule has 1 heterocycles. The fourth-order valence-corrected chi connectivity index (χ4v) is 3.40. The van der Waals surface area contributed by atoms with Gasteiger partial charge in [-0.2, -0.15) is 13.2 Å². The van der Waals surface area contributed by atoms with Crippen LogP contribution in [0.4, 0.5) is 13.2 Å². The maximum atomic E-state index is 13.5. The lowest BCUT2D eigenvalue weighted by molar-refractivity contribution is -0.137. The van der Waals surface area contributed by atoms with Crippen molar-refractivity contribution in [2.75, 3.05) is 6.54 Å². The molecule has 0 fully saturated rings. The summed E-state index contributed by atoms with van der Waals surface area (Å²) >= 11 is 0. The Kier molecular flexibility index (Phi) is 5.37. The van der Waals surface area contributed by atoms with Gasteiger partial charge >= 0.3 is 6.18 Å². The van der Waals surface area contributed by atoms with E-state index < -0.39 is 11.7 Å². The quantitative estimate of drug-likeness (QED) is 0.544. The topological polar surface area (TPSA) is 41.8 Å². The molecular formula is C21H23F3N2. The minimum Gasteiger partial charge on any atom is -0.354 e. The van der Waals surface area contributed by atoms with E-state index in [1.54, 1.807) is 12.1 Å². The first kappa shape index (κ1) is 18.5. The van der Waals surface area contributed by atoms with Crippen LogP contribution in [0.1, 0.15) is 36.5 Å². The van der Waals surface area contributed by atoms with Crippen LogP contribution in [0.5, 0.6) is 0 Å². The summed E-state index contributed by atoms with van der Waals surface area (Å²) in [5.74, 6) is 0. The molecule has 0 atom stereocenters. The number of H-pyrrole nitrogens is 1. The molecule has 2 aromatic carbocycles. The van der Waals surface area contributed by atoms with Gasteiger partial charge < -0.3 is 10.7 Å². The standard InChI is InChI=1S/C21H23F3N2/c1-2-14-10-11-19-17(13-14)15(7-5-6-12-25)20(26-19)16-8-3-4-9-18(16)21(22,23)24/h3-4,8-11,13,26H,2,5-7,12,25H2,1H3. The van der Waals surface area contributed by atoms with E-state index >= 15 is 0 Å². The predicted octanol–water partition coefficient (Wildman–Crippen LogP) is 5.70. The normalized spacial score (nSPS) is 12.0. The van der Waals surface area contributed by atoms with E-state index in [1.165, 1.54) is 11.6 Å². The van der Waals surface area contributed by atoms with Crippen molar-refractivity contribution in [3.05, 3.63) is 59.2 Å². The lowest BCUT2D eigenvalue weighted by Gasteiger charge is -2.13. The summed E-state index contributed by atoms with van der Waals surface area (Å²) in [6.07, 6.45) is -1.11. The number of aryl methyl sites for hydroxylation is 2. The Morgan fingerprint density at radius 3 is 2.50 bits per heavy atom. The number of aromatic nitrogens is 1. The second-order valence-corrected chi connectivity index (χ2v) is 6.50. The third-order valence-corrected chi connectivity index (χ3v) is 4.76. The minimum absolute atomic E-state index is 0.206. The van der Waals surface area contributed by atoms with Gasteiger partial charge in [0.1, 0.15) is 0 Å². The summed E-state index contributed by atoms with van der Waals surface area (Å²) in [5.41, 5.74) is 8.75. The molecule has 0 unspecified atom stereocenters. The van der Waals surface area contributed by atoms with Crippen LogP contribution < -0.4 is 5.73 Å². The van der Waals surface area contributed by atoms with Gasteiger partial charge in [0.2, 0.25) is 0 Å². The average molecular weight is 360 g/mol. The van der Waals surface area contributed by atoms with E-state index in [2.05, 4.69) is 18.0 Å². The highest BCUT2D eigenvalue weighted by Crippen LogP contribution is 2.40. The zero-order valence-corrected chi connectivity index (χ0v) is 14.8. The van der Waals surface area contributed by atoms with E-state index in [0.717, 1.165) is 41.8 Å². The number of nitrogens with two attached hydrogens (primary N) is 1. The number of hydrogen-bond acceptors (Lipinski definition) is 1. The highest BCUT2D eigenvalue weighted by molar-refractivity contribution is 5.92. The Morgan fingerprint density at radius 1 is 1.04 bits per heavy atom. The number of benzene rings is 2. The summed E-state index contributed by atoms with van der Waals surface area (Å²) in [6, 6.07) is 11.8. The van der Waals surface area contributed by atoms with Crippen LogP contribution >= 0.6 is 0 Å². The summed E-state index contributed by atoms with van der Waals surface area (Å²) in [7, 11) is 0. The number of alkyl halides is 3. The molecule has 0 radical (unpaired) electrons. The first-order valence-corrected chi connectivity index (χ1v) is 8.95. The van der Waals surface area contributed by atoms with Crippen LogP contribution in [-0.2, 0) is 19.0 Å². The molecule has 3 rings (SSSR count). The Bertz CT molecular complexity index is 894. The monoisotopic (exact) mass is 360 g/mol. The summed E-state index contributed by atoms with van der Waals surface area (Å²) < 4.78 is 40.5. The lowest BCUT2D eigenvalue weighted by atomic mass is 9.96. The molecule has 0 aliphatic heterocycles. The number of hydrogen-bond donors (Lipinski definition) is 2. The molecule has 5 heteroatoms. The second-order valence-electron chi connectivity index (χ2n) is 6.50. The Morgan fingerprint density at radius 2 is 1.81 bits per heavy atom. The fourth-order valence-electron chi connectivity index (χ4n) is 3.40. The molecular weight excluding hydrogens is 337 g/mol. The van der Waals surface area contributed by atoms with Crippen LogP contribution in [0.2, 0.25) is 0 Å². The van der Waals surface area contributed by atoms with Crippen molar-refractivity contribution in [3.8, 4) is 11.3 Å². The average Bonchev–Trinajstić information content (AvgIpc) is 2.99. The second kappa shape index (κ2) is 7.54. The van der Waals surface area contributed by atoms with E-state index in [0.29, 0.717) is 18.7 Å². The van der Waals surface area contributed by atoms with Crippen molar-refractivity contribution in [2.24, 2.45) is 5.73 Å². The van der Waals surface area contributed by atoms with E-state index in [4.69, 9.17) is 5.73 Å². The van der Waals surface area contributed by atoms with Gasteiger partial charge in [0.25, 0.3) is 0 Å². The van der Waals surface area contributed by atoms with E-state index in [1.807, 2.05) is 12.1 Å². The molecule has 0 saturated heterocycles. The highest BCUT2D eigenvalue weighted by Gasteiger charge is 2.34. The molecule has 1 aromatic heterocycles. The molecule has 0 bridgehead atoms. The fraction of sp³-hybridized carbons (Fsp3) is 0.333. The third kappa shape index (κ3) is 3.63. The smallest absolute Gasteiger partial charge is 0.354 e. The number of nitrogens with one attached hydrogen (secondary N) is 1. The van der Waals surface area contributed by atoms with Gasteiger partial charge in [-0.25, -0.2) is 0 Å². The SMILES string of the molecule is CCc1ccc2[nH]c(-c3ccccc3C(F)(F)F)c(CCCCN)c2c1. The third-order valence-electron chi connectivity index (χ3n) is 4.76. The van der Waals surface area contributed by atoms with Crippen molar-refractivity contribution in [1.29, 1.82) is 0 Å². The zero-order chi connectivity index (χ0) is 18.7. The Balaban J connectivity index is 2.21. The largest absolute Gasteiger partial charge is 0.417 e. The number of rotatable bonds is 6. The van der Waals surface area contributed by atoms with Crippen LogP contribution in [0, 0.1) is 0 Å². The molecule has 3 N–H and O–H groups in total. The van der Waals surface area contributed by atoms with Crippen molar-refractivity contribution in [3.63, 3.8) is 0 Å². The maximum absolute atomic E-state index is 13.5. The van der Waals surface area contributed by atoms with Crippen molar-refractivity contribution in [1.82, 2.24) is 4.98 Å². The Labute approximate surface area is 151 Å². The summed E-state index contributed by atoms with van der Waals surface area (Å²) in [4.78, 5) is 3.24. The summed E-state index contributed by atoms with van der Waals surface area (Å²) in [5, 5.41) is 1.01. The molecule has 0 aliphatic carbocycles. The minimum atomic E-state index is -4.39. The van der Waals surface area contributed by atoms with Gasteiger partial charge in [-0.1, -0.05) is 31.2 Å².